The lowest BCUT2D eigenvalue weighted by Gasteiger charge is -2.50. The number of imidazole rings is 1. The maximum atomic E-state index is 12.4. The lowest BCUT2D eigenvalue weighted by atomic mass is 9.61. The van der Waals surface area contributed by atoms with Crippen molar-refractivity contribution >= 4 is 5.91 Å². The average Bonchev–Trinajstić information content (AvgIpc) is 3.17. The van der Waals surface area contributed by atoms with Crippen LogP contribution in [0, 0.1) is 24.7 Å². The zero-order chi connectivity index (χ0) is 14.4. The highest BCUT2D eigenvalue weighted by molar-refractivity contribution is 5.90. The fourth-order valence-corrected chi connectivity index (χ4v) is 4.61. The minimum atomic E-state index is -0.0681. The van der Waals surface area contributed by atoms with Crippen molar-refractivity contribution in [1.82, 2.24) is 15.3 Å². The van der Waals surface area contributed by atoms with Gasteiger partial charge >= 0.3 is 0 Å². The predicted octanol–water partition coefficient (Wildman–Crippen LogP) is 2.04. The first kappa shape index (κ1) is 13.3. The second kappa shape index (κ2) is 5.13. The summed E-state index contributed by atoms with van der Waals surface area (Å²) in [5.41, 5.74) is 0.920. The molecule has 1 saturated heterocycles. The van der Waals surface area contributed by atoms with Gasteiger partial charge in [0.25, 0.3) is 5.91 Å². The van der Waals surface area contributed by atoms with Crippen LogP contribution in [0.2, 0.25) is 0 Å². The summed E-state index contributed by atoms with van der Waals surface area (Å²) in [6.45, 7) is 2.76. The standard InChI is InChI=1S/C16H23N3O2/c1-9-8-17-15(18-9)16(20)19-13-11-6-7-21-14(11)12(13)10-4-2-3-5-10/h8,10-14H,2-7H2,1H3,(H,17,18)(H,19,20)/t11-,12+,13-,14-/m0/s1. The molecular weight excluding hydrogens is 266 g/mol. The van der Waals surface area contributed by atoms with Crippen molar-refractivity contribution in [3.8, 4) is 0 Å². The minimum Gasteiger partial charge on any atom is -0.377 e. The van der Waals surface area contributed by atoms with Gasteiger partial charge in [0.05, 0.1) is 6.10 Å². The number of hydrogen-bond donors (Lipinski definition) is 2. The number of rotatable bonds is 3. The molecule has 1 aromatic rings. The summed E-state index contributed by atoms with van der Waals surface area (Å²) in [5, 5.41) is 3.23. The Hall–Kier alpha value is -1.36. The van der Waals surface area contributed by atoms with Crippen LogP contribution in [0.15, 0.2) is 6.20 Å². The fourth-order valence-electron chi connectivity index (χ4n) is 4.61. The van der Waals surface area contributed by atoms with Crippen LogP contribution in [0.4, 0.5) is 0 Å². The van der Waals surface area contributed by atoms with E-state index < -0.39 is 0 Å². The van der Waals surface area contributed by atoms with Gasteiger partial charge in [-0.25, -0.2) is 4.98 Å². The van der Waals surface area contributed by atoms with E-state index in [1.807, 2.05) is 6.92 Å². The van der Waals surface area contributed by atoms with Crippen molar-refractivity contribution < 1.29 is 9.53 Å². The molecular formula is C16H23N3O2. The highest BCUT2D eigenvalue weighted by atomic mass is 16.5. The molecule has 2 heterocycles. The molecule has 1 aromatic heterocycles. The van der Waals surface area contributed by atoms with Gasteiger partial charge in [0, 0.05) is 36.4 Å². The highest BCUT2D eigenvalue weighted by Crippen LogP contribution is 2.51. The van der Waals surface area contributed by atoms with Crippen molar-refractivity contribution in [2.75, 3.05) is 6.61 Å². The maximum Gasteiger partial charge on any atom is 0.287 e. The number of aromatic nitrogens is 2. The Balaban J connectivity index is 1.48. The zero-order valence-electron chi connectivity index (χ0n) is 12.5. The number of carbonyl (C=O) groups excluding carboxylic acids is 1. The Bertz CT molecular complexity index is 531. The van der Waals surface area contributed by atoms with E-state index in [0.717, 1.165) is 24.6 Å². The Labute approximate surface area is 124 Å². The van der Waals surface area contributed by atoms with Crippen LogP contribution in [0.1, 0.15) is 48.4 Å². The van der Waals surface area contributed by atoms with Crippen LogP contribution in [-0.2, 0) is 4.74 Å². The van der Waals surface area contributed by atoms with Crippen molar-refractivity contribution in [2.24, 2.45) is 17.8 Å². The molecule has 1 amide bonds. The molecule has 114 valence electrons. The maximum absolute atomic E-state index is 12.4. The average molecular weight is 289 g/mol. The lowest BCUT2D eigenvalue weighted by molar-refractivity contribution is -0.0785. The topological polar surface area (TPSA) is 67.0 Å². The Kier molecular flexibility index (Phi) is 3.25. The van der Waals surface area contributed by atoms with Crippen molar-refractivity contribution in [2.45, 2.75) is 51.2 Å². The number of carbonyl (C=O) groups is 1. The number of ether oxygens (including phenoxy) is 1. The van der Waals surface area contributed by atoms with Crippen molar-refractivity contribution in [3.05, 3.63) is 17.7 Å². The Morgan fingerprint density at radius 2 is 2.19 bits per heavy atom. The van der Waals surface area contributed by atoms with Gasteiger partial charge in [0.2, 0.25) is 0 Å². The summed E-state index contributed by atoms with van der Waals surface area (Å²) in [6.07, 6.45) is 8.42. The van der Waals surface area contributed by atoms with Gasteiger partial charge < -0.3 is 15.0 Å². The fraction of sp³-hybridized carbons (Fsp3) is 0.750. The first-order valence-corrected chi connectivity index (χ1v) is 8.18. The summed E-state index contributed by atoms with van der Waals surface area (Å²) < 4.78 is 5.92. The van der Waals surface area contributed by atoms with Gasteiger partial charge in [-0.1, -0.05) is 25.7 Å². The summed E-state index contributed by atoms with van der Waals surface area (Å²) >= 11 is 0. The lowest BCUT2D eigenvalue weighted by Crippen LogP contribution is -2.63. The largest absolute Gasteiger partial charge is 0.377 e. The molecule has 4 rings (SSSR count). The molecule has 5 heteroatoms. The number of amides is 1. The smallest absolute Gasteiger partial charge is 0.287 e. The highest BCUT2D eigenvalue weighted by Gasteiger charge is 2.57. The number of nitrogens with one attached hydrogen (secondary N) is 2. The van der Waals surface area contributed by atoms with Crippen molar-refractivity contribution in [3.63, 3.8) is 0 Å². The third-order valence-corrected chi connectivity index (χ3v) is 5.60. The van der Waals surface area contributed by atoms with E-state index in [1.54, 1.807) is 6.20 Å². The van der Waals surface area contributed by atoms with Crippen LogP contribution in [-0.4, -0.2) is 34.6 Å². The number of aryl methyl sites for hydroxylation is 1. The Morgan fingerprint density at radius 1 is 1.38 bits per heavy atom. The molecule has 4 atom stereocenters. The monoisotopic (exact) mass is 289 g/mol. The first-order valence-electron chi connectivity index (χ1n) is 8.18. The van der Waals surface area contributed by atoms with Crippen LogP contribution in [0.3, 0.4) is 0 Å². The molecule has 0 bridgehead atoms. The van der Waals surface area contributed by atoms with Crippen LogP contribution in [0.5, 0.6) is 0 Å². The summed E-state index contributed by atoms with van der Waals surface area (Å²) in [4.78, 5) is 19.5. The molecule has 2 N–H and O–H groups in total. The molecule has 1 aliphatic heterocycles. The number of H-pyrrole nitrogens is 1. The van der Waals surface area contributed by atoms with Gasteiger partial charge in [-0.3, -0.25) is 4.79 Å². The molecule has 21 heavy (non-hydrogen) atoms. The molecule has 3 fully saturated rings. The molecule has 2 aliphatic carbocycles. The third-order valence-electron chi connectivity index (χ3n) is 5.60. The van der Waals surface area contributed by atoms with Crippen LogP contribution >= 0.6 is 0 Å². The second-order valence-electron chi connectivity index (χ2n) is 6.82. The van der Waals surface area contributed by atoms with Gasteiger partial charge in [0.1, 0.15) is 0 Å². The molecule has 2 saturated carbocycles. The second-order valence-corrected chi connectivity index (χ2v) is 6.82. The summed E-state index contributed by atoms with van der Waals surface area (Å²) in [6, 6.07) is 0.276. The zero-order valence-corrected chi connectivity index (χ0v) is 12.5. The molecule has 0 unspecified atom stereocenters. The van der Waals surface area contributed by atoms with Gasteiger partial charge in [0.15, 0.2) is 5.82 Å². The van der Waals surface area contributed by atoms with Crippen LogP contribution < -0.4 is 5.32 Å². The normalized spacial score (nSPS) is 35.5. The van der Waals surface area contributed by atoms with E-state index >= 15 is 0 Å². The van der Waals surface area contributed by atoms with Crippen molar-refractivity contribution in [1.29, 1.82) is 0 Å². The quantitative estimate of drug-likeness (QED) is 0.895. The van der Waals surface area contributed by atoms with E-state index in [0.29, 0.717) is 23.8 Å². The van der Waals surface area contributed by atoms with Gasteiger partial charge in [-0.05, 0) is 19.3 Å². The molecule has 0 radical (unpaired) electrons. The van der Waals surface area contributed by atoms with E-state index in [4.69, 9.17) is 4.74 Å². The van der Waals surface area contributed by atoms with Gasteiger partial charge in [-0.15, -0.1) is 0 Å². The van der Waals surface area contributed by atoms with E-state index in [-0.39, 0.29) is 11.9 Å². The van der Waals surface area contributed by atoms with E-state index in [1.165, 1.54) is 25.7 Å². The summed E-state index contributed by atoms with van der Waals surface area (Å²) in [7, 11) is 0. The summed E-state index contributed by atoms with van der Waals surface area (Å²) in [5.74, 6) is 2.12. The molecule has 5 nitrogen and oxygen atoms in total. The molecule has 3 aliphatic rings. The predicted molar refractivity (Wildman–Crippen MR) is 77.9 cm³/mol. The van der Waals surface area contributed by atoms with Gasteiger partial charge in [-0.2, -0.15) is 0 Å². The minimum absolute atomic E-state index is 0.0681. The number of nitrogens with zero attached hydrogens (tertiary/aromatic N) is 1. The number of fused-ring (bicyclic) bond motifs is 1. The first-order chi connectivity index (χ1) is 10.2. The molecule has 0 spiro atoms. The number of aromatic amines is 1. The molecule has 0 aromatic carbocycles. The third kappa shape index (κ3) is 2.18. The Morgan fingerprint density at radius 3 is 2.90 bits per heavy atom. The SMILES string of the molecule is Cc1cnc(C(=O)N[C@H]2[C@@H]3CCO[C@@H]3[C@@H]2C2CCCC2)[nH]1. The number of hydrogen-bond acceptors (Lipinski definition) is 3. The van der Waals surface area contributed by atoms with Crippen LogP contribution in [0.25, 0.3) is 0 Å². The van der Waals surface area contributed by atoms with E-state index in [9.17, 15) is 4.79 Å². The van der Waals surface area contributed by atoms with E-state index in [2.05, 4.69) is 15.3 Å².